The van der Waals surface area contributed by atoms with E-state index in [1.165, 1.54) is 5.56 Å². The van der Waals surface area contributed by atoms with Crippen molar-refractivity contribution in [1.82, 2.24) is 0 Å². The predicted molar refractivity (Wildman–Crippen MR) is 93.0 cm³/mol. The first-order chi connectivity index (χ1) is 9.44. The molecule has 0 radical (unpaired) electrons. The Morgan fingerprint density at radius 3 is 2.14 bits per heavy atom. The van der Waals surface area contributed by atoms with Gasteiger partial charge in [-0.25, -0.2) is 0 Å². The van der Waals surface area contributed by atoms with Crippen LogP contribution in [0.15, 0.2) is 18.2 Å². The van der Waals surface area contributed by atoms with Crippen LogP contribution in [0, 0.1) is 0 Å². The van der Waals surface area contributed by atoms with Gasteiger partial charge in [-0.15, -0.1) is 0 Å². The Hall–Kier alpha value is -1.09. The number of rotatable bonds is 5. The summed E-state index contributed by atoms with van der Waals surface area (Å²) in [5.41, 5.74) is 1.93. The molecule has 118 valence electrons. The van der Waals surface area contributed by atoms with Gasteiger partial charge < -0.3 is 4.43 Å². The SMILES string of the molecule is CCC(C)(C)c1ccc(O[Si](C)(C)C(C)(C)C)c(C=O)c1. The van der Waals surface area contributed by atoms with Crippen molar-refractivity contribution in [1.29, 1.82) is 0 Å². The van der Waals surface area contributed by atoms with Crippen LogP contribution >= 0.6 is 0 Å². The lowest BCUT2D eigenvalue weighted by Gasteiger charge is -2.37. The number of benzene rings is 1. The lowest BCUT2D eigenvalue weighted by Crippen LogP contribution is -2.44. The zero-order valence-electron chi connectivity index (χ0n) is 14.8. The van der Waals surface area contributed by atoms with Crippen molar-refractivity contribution in [2.24, 2.45) is 0 Å². The van der Waals surface area contributed by atoms with Gasteiger partial charge >= 0.3 is 0 Å². The summed E-state index contributed by atoms with van der Waals surface area (Å²) in [6.45, 7) is 17.6. The van der Waals surface area contributed by atoms with Gasteiger partial charge in [0.15, 0.2) is 6.29 Å². The molecule has 0 saturated carbocycles. The second-order valence-corrected chi connectivity index (χ2v) is 12.7. The largest absolute Gasteiger partial charge is 0.543 e. The molecule has 0 heterocycles. The van der Waals surface area contributed by atoms with Crippen LogP contribution in [0.3, 0.4) is 0 Å². The number of hydrogen-bond acceptors (Lipinski definition) is 2. The maximum Gasteiger partial charge on any atom is 0.250 e. The molecule has 3 heteroatoms. The summed E-state index contributed by atoms with van der Waals surface area (Å²) in [6, 6.07) is 6.05. The molecule has 0 atom stereocenters. The first kappa shape index (κ1) is 18.0. The topological polar surface area (TPSA) is 26.3 Å². The van der Waals surface area contributed by atoms with Gasteiger partial charge in [0, 0.05) is 0 Å². The zero-order valence-corrected chi connectivity index (χ0v) is 15.8. The van der Waals surface area contributed by atoms with E-state index in [2.05, 4.69) is 60.7 Å². The van der Waals surface area contributed by atoms with E-state index >= 15 is 0 Å². The third kappa shape index (κ3) is 3.97. The van der Waals surface area contributed by atoms with E-state index in [1.807, 2.05) is 12.1 Å². The van der Waals surface area contributed by atoms with Crippen LogP contribution < -0.4 is 4.43 Å². The molecule has 21 heavy (non-hydrogen) atoms. The lowest BCUT2D eigenvalue weighted by molar-refractivity contribution is 0.112. The normalized spacial score (nSPS) is 13.1. The van der Waals surface area contributed by atoms with Crippen molar-refractivity contribution in [2.45, 2.75) is 71.5 Å². The molecule has 0 aliphatic carbocycles. The van der Waals surface area contributed by atoms with Gasteiger partial charge in [0.05, 0.1) is 5.56 Å². The average molecular weight is 307 g/mol. The highest BCUT2D eigenvalue weighted by molar-refractivity contribution is 6.74. The van der Waals surface area contributed by atoms with Crippen molar-refractivity contribution in [3.63, 3.8) is 0 Å². The Bertz CT molecular complexity index is 510. The Labute approximate surface area is 131 Å². The lowest BCUT2D eigenvalue weighted by atomic mass is 9.81. The molecule has 0 fully saturated rings. The van der Waals surface area contributed by atoms with E-state index in [1.54, 1.807) is 0 Å². The highest BCUT2D eigenvalue weighted by atomic mass is 28.4. The van der Waals surface area contributed by atoms with E-state index in [0.717, 1.165) is 18.5 Å². The Kier molecular flexibility index (Phi) is 5.09. The monoisotopic (exact) mass is 306 g/mol. The van der Waals surface area contributed by atoms with Gasteiger partial charge in [0.25, 0.3) is 8.32 Å². The van der Waals surface area contributed by atoms with Gasteiger partial charge in [-0.05, 0) is 47.7 Å². The molecular formula is C18H30O2Si. The second-order valence-electron chi connectivity index (χ2n) is 7.97. The van der Waals surface area contributed by atoms with Crippen LogP contribution in [-0.4, -0.2) is 14.6 Å². The molecule has 0 bridgehead atoms. The average Bonchev–Trinajstić information content (AvgIpc) is 2.37. The fourth-order valence-corrected chi connectivity index (χ4v) is 2.83. The minimum Gasteiger partial charge on any atom is -0.543 e. The summed E-state index contributed by atoms with van der Waals surface area (Å²) >= 11 is 0. The summed E-state index contributed by atoms with van der Waals surface area (Å²) < 4.78 is 6.30. The molecular weight excluding hydrogens is 276 g/mol. The van der Waals surface area contributed by atoms with E-state index in [0.29, 0.717) is 5.56 Å². The van der Waals surface area contributed by atoms with Crippen molar-refractivity contribution in [2.75, 3.05) is 0 Å². The van der Waals surface area contributed by atoms with Gasteiger partial charge in [0.1, 0.15) is 5.75 Å². The predicted octanol–water partition coefficient (Wildman–Crippen LogP) is 5.57. The Morgan fingerprint density at radius 1 is 1.14 bits per heavy atom. The Balaban J connectivity index is 3.20. The maximum absolute atomic E-state index is 11.5. The van der Waals surface area contributed by atoms with Crippen LogP contribution in [0.5, 0.6) is 5.75 Å². The van der Waals surface area contributed by atoms with E-state index in [9.17, 15) is 4.79 Å². The minimum absolute atomic E-state index is 0.0767. The quantitative estimate of drug-likeness (QED) is 0.525. The summed E-state index contributed by atoms with van der Waals surface area (Å²) in [6.07, 6.45) is 1.95. The number of carbonyl (C=O) groups is 1. The van der Waals surface area contributed by atoms with Crippen LogP contribution in [0.4, 0.5) is 0 Å². The second kappa shape index (κ2) is 5.96. The van der Waals surface area contributed by atoms with Gasteiger partial charge in [-0.1, -0.05) is 47.6 Å². The van der Waals surface area contributed by atoms with E-state index < -0.39 is 8.32 Å². The summed E-state index contributed by atoms with van der Waals surface area (Å²) in [4.78, 5) is 11.5. The van der Waals surface area contributed by atoms with Crippen molar-refractivity contribution in [3.8, 4) is 5.75 Å². The number of carbonyl (C=O) groups excluding carboxylic acids is 1. The van der Waals surface area contributed by atoms with Crippen molar-refractivity contribution >= 4 is 14.6 Å². The summed E-state index contributed by atoms with van der Waals surface area (Å²) in [7, 11) is -1.92. The standard InChI is InChI=1S/C18H30O2Si/c1-9-18(5,6)15-10-11-16(14(12-15)13-19)20-21(7,8)17(2,3)4/h10-13H,9H2,1-8H3. The molecule has 0 aliphatic heterocycles. The van der Waals surface area contributed by atoms with Crippen molar-refractivity contribution in [3.05, 3.63) is 29.3 Å². The first-order valence-corrected chi connectivity index (χ1v) is 10.6. The van der Waals surface area contributed by atoms with Gasteiger partial charge in [-0.3, -0.25) is 4.79 Å². The highest BCUT2D eigenvalue weighted by Gasteiger charge is 2.39. The number of hydrogen-bond donors (Lipinski definition) is 0. The zero-order chi connectivity index (χ0) is 16.5. The fourth-order valence-electron chi connectivity index (χ4n) is 1.79. The molecule has 0 N–H and O–H groups in total. The maximum atomic E-state index is 11.5. The molecule has 1 aromatic carbocycles. The summed E-state index contributed by atoms with van der Waals surface area (Å²) in [5.74, 6) is 0.729. The van der Waals surface area contributed by atoms with Crippen LogP contribution in [-0.2, 0) is 5.41 Å². The van der Waals surface area contributed by atoms with E-state index in [4.69, 9.17) is 4.43 Å². The third-order valence-electron chi connectivity index (χ3n) is 4.97. The van der Waals surface area contributed by atoms with Crippen LogP contribution in [0.2, 0.25) is 18.1 Å². The molecule has 0 amide bonds. The van der Waals surface area contributed by atoms with Crippen molar-refractivity contribution < 1.29 is 9.22 Å². The third-order valence-corrected chi connectivity index (χ3v) is 9.32. The molecule has 2 nitrogen and oxygen atoms in total. The van der Waals surface area contributed by atoms with Crippen LogP contribution in [0.25, 0.3) is 0 Å². The molecule has 0 aliphatic rings. The molecule has 0 saturated heterocycles. The molecule has 0 aromatic heterocycles. The smallest absolute Gasteiger partial charge is 0.250 e. The minimum atomic E-state index is -1.92. The molecule has 0 spiro atoms. The summed E-state index contributed by atoms with van der Waals surface area (Å²) in [5, 5.41) is 0.120. The fraction of sp³-hybridized carbons (Fsp3) is 0.611. The highest BCUT2D eigenvalue weighted by Crippen LogP contribution is 2.39. The number of aldehydes is 1. The first-order valence-electron chi connectivity index (χ1n) is 7.73. The van der Waals surface area contributed by atoms with Gasteiger partial charge in [0.2, 0.25) is 0 Å². The molecule has 1 rings (SSSR count). The van der Waals surface area contributed by atoms with E-state index in [-0.39, 0.29) is 10.5 Å². The van der Waals surface area contributed by atoms with Gasteiger partial charge in [-0.2, -0.15) is 0 Å². The van der Waals surface area contributed by atoms with Crippen LogP contribution in [0.1, 0.15) is 63.9 Å². The Morgan fingerprint density at radius 2 is 1.71 bits per heavy atom. The molecule has 0 unspecified atom stereocenters. The molecule has 1 aromatic rings.